The minimum Gasteiger partial charge on any atom is -0.481 e. The summed E-state index contributed by atoms with van der Waals surface area (Å²) in [5, 5.41) is 30.2. The van der Waals surface area contributed by atoms with E-state index in [1.807, 2.05) is 23.4 Å². The molecule has 0 aliphatic carbocycles. The molecular formula is C43H62N8O5. The SMILES string of the molecule is Cc1cc(C)n(-c2cc([C@H](CC(=O)O)CN3CC[C@@H](CCc4ccc5c(n4)NCCC5)C3)cc(N3CCN(C(=O)CCCC(=O)NCCCCCO)CC3)c2)n1. The number of aliphatic carboxylic acids is 1. The highest BCUT2D eigenvalue weighted by molar-refractivity contribution is 5.79. The Kier molecular flexibility index (Phi) is 14.8. The zero-order valence-corrected chi connectivity index (χ0v) is 33.5. The van der Waals surface area contributed by atoms with Crippen LogP contribution in [0.5, 0.6) is 0 Å². The van der Waals surface area contributed by atoms with Crippen LogP contribution in [0.3, 0.4) is 0 Å². The Morgan fingerprint density at radius 2 is 1.79 bits per heavy atom. The standard InChI is InChI=1S/C43H62N8O5/c1-31-24-32(2)51(47-31)39-26-35(25-38(28-39)49-19-21-50(22-20-49)41(54)10-6-9-40(53)44-16-4-3-5-23-52)36(27-42(55)56)30-48-18-15-33(29-48)11-13-37-14-12-34-8-7-17-45-43(34)46-37/h12,14,24-26,28,33,36,52H,3-11,13,15-23,27,29-30H2,1-2H3,(H,44,53)(H,45,46)(H,55,56)/t33-,36-/m1/s1. The van der Waals surface area contributed by atoms with Crippen LogP contribution in [-0.2, 0) is 27.2 Å². The molecule has 2 fully saturated rings. The van der Waals surface area contributed by atoms with Crippen LogP contribution in [0.15, 0.2) is 36.4 Å². The van der Waals surface area contributed by atoms with Gasteiger partial charge in [0.1, 0.15) is 5.82 Å². The number of aromatic nitrogens is 3. The van der Waals surface area contributed by atoms with E-state index >= 15 is 0 Å². The molecule has 3 aliphatic rings. The number of fused-ring (bicyclic) bond motifs is 1. The van der Waals surface area contributed by atoms with Crippen molar-refractivity contribution in [1.29, 1.82) is 0 Å². The lowest BCUT2D eigenvalue weighted by Gasteiger charge is -2.37. The Hall–Kier alpha value is -4.49. The minimum absolute atomic E-state index is 0.0353. The van der Waals surface area contributed by atoms with E-state index in [1.165, 1.54) is 5.56 Å². The molecule has 13 nitrogen and oxygen atoms in total. The molecule has 4 N–H and O–H groups in total. The van der Waals surface area contributed by atoms with E-state index in [0.717, 1.165) is 111 Å². The first kappa shape index (κ1) is 41.2. The molecule has 0 radical (unpaired) electrons. The predicted octanol–water partition coefficient (Wildman–Crippen LogP) is 4.85. The molecule has 2 amide bonds. The number of carboxylic acid groups (broad SMARTS) is 1. The summed E-state index contributed by atoms with van der Waals surface area (Å²) in [5.41, 5.74) is 7.30. The fraction of sp³-hybridized carbons (Fsp3) is 0.605. The van der Waals surface area contributed by atoms with Crippen molar-refractivity contribution in [2.45, 2.75) is 96.8 Å². The zero-order valence-electron chi connectivity index (χ0n) is 33.5. The van der Waals surface area contributed by atoms with Crippen molar-refractivity contribution in [3.05, 3.63) is 64.6 Å². The summed E-state index contributed by atoms with van der Waals surface area (Å²) in [5.74, 6) is 0.624. The van der Waals surface area contributed by atoms with Gasteiger partial charge in [-0.3, -0.25) is 14.4 Å². The first-order valence-electron chi connectivity index (χ1n) is 20.9. The Balaban J connectivity index is 1.08. The molecule has 0 unspecified atom stereocenters. The van der Waals surface area contributed by atoms with Gasteiger partial charge in [0.15, 0.2) is 0 Å². The van der Waals surface area contributed by atoms with Crippen molar-refractivity contribution in [3.8, 4) is 5.69 Å². The summed E-state index contributed by atoms with van der Waals surface area (Å²) in [6.45, 7) is 10.8. The van der Waals surface area contributed by atoms with E-state index in [0.29, 0.717) is 64.4 Å². The van der Waals surface area contributed by atoms with Crippen LogP contribution in [0.25, 0.3) is 5.69 Å². The number of aryl methyl sites for hydroxylation is 4. The number of amides is 2. The van der Waals surface area contributed by atoms with E-state index < -0.39 is 5.97 Å². The third kappa shape index (κ3) is 11.5. The van der Waals surface area contributed by atoms with Crippen molar-refractivity contribution in [1.82, 2.24) is 29.9 Å². The van der Waals surface area contributed by atoms with Gasteiger partial charge in [-0.2, -0.15) is 5.10 Å². The Morgan fingerprint density at radius 1 is 0.964 bits per heavy atom. The molecule has 3 aliphatic heterocycles. The number of aliphatic hydroxyl groups is 1. The Bertz CT molecular complexity index is 1790. The smallest absolute Gasteiger partial charge is 0.304 e. The first-order valence-corrected chi connectivity index (χ1v) is 20.9. The largest absolute Gasteiger partial charge is 0.481 e. The van der Waals surface area contributed by atoms with E-state index in [-0.39, 0.29) is 30.8 Å². The molecule has 3 aromatic rings. The molecule has 2 aromatic heterocycles. The highest BCUT2D eigenvalue weighted by Crippen LogP contribution is 2.32. The molecule has 0 spiro atoms. The van der Waals surface area contributed by atoms with Crippen molar-refractivity contribution >= 4 is 29.3 Å². The summed E-state index contributed by atoms with van der Waals surface area (Å²) in [6.07, 6.45) is 9.05. The number of rotatable bonds is 19. The number of aliphatic hydroxyl groups excluding tert-OH is 1. The second-order valence-electron chi connectivity index (χ2n) is 16.1. The van der Waals surface area contributed by atoms with Gasteiger partial charge in [0, 0.05) is 94.8 Å². The number of hydrogen-bond acceptors (Lipinski definition) is 9. The number of carboxylic acids is 1. The van der Waals surface area contributed by atoms with Crippen LogP contribution in [0, 0.1) is 19.8 Å². The summed E-state index contributed by atoms with van der Waals surface area (Å²) in [7, 11) is 0. The lowest BCUT2D eigenvalue weighted by molar-refractivity contribution is -0.137. The molecule has 0 bridgehead atoms. The number of pyridine rings is 1. The minimum atomic E-state index is -0.807. The van der Waals surface area contributed by atoms with Gasteiger partial charge < -0.3 is 35.5 Å². The average molecular weight is 771 g/mol. The Labute approximate surface area is 331 Å². The van der Waals surface area contributed by atoms with Crippen LogP contribution in [0.4, 0.5) is 11.5 Å². The van der Waals surface area contributed by atoms with Crippen molar-refractivity contribution in [2.75, 3.05) is 75.7 Å². The topological polar surface area (TPSA) is 156 Å². The molecule has 6 rings (SSSR count). The lowest BCUT2D eigenvalue weighted by atomic mass is 9.93. The van der Waals surface area contributed by atoms with Gasteiger partial charge in [0.05, 0.1) is 17.8 Å². The Morgan fingerprint density at radius 3 is 2.55 bits per heavy atom. The van der Waals surface area contributed by atoms with Gasteiger partial charge in [0.2, 0.25) is 11.8 Å². The number of carbonyl (C=O) groups excluding carboxylic acids is 2. The van der Waals surface area contributed by atoms with Crippen LogP contribution in [0.1, 0.15) is 98.3 Å². The molecule has 2 saturated heterocycles. The zero-order chi connectivity index (χ0) is 39.4. The maximum atomic E-state index is 13.1. The fourth-order valence-electron chi connectivity index (χ4n) is 8.54. The number of hydrogen-bond donors (Lipinski definition) is 4. The number of nitrogens with zero attached hydrogens (tertiary/aromatic N) is 6. The number of benzene rings is 1. The molecule has 5 heterocycles. The highest BCUT2D eigenvalue weighted by Gasteiger charge is 2.29. The van der Waals surface area contributed by atoms with Crippen molar-refractivity contribution < 1.29 is 24.6 Å². The number of unbranched alkanes of at least 4 members (excludes halogenated alkanes) is 2. The lowest BCUT2D eigenvalue weighted by Crippen LogP contribution is -2.48. The number of likely N-dealkylation sites (tertiary alicyclic amines) is 1. The molecule has 2 atom stereocenters. The molecule has 304 valence electrons. The number of piperazine rings is 1. The van der Waals surface area contributed by atoms with Gasteiger partial charge in [-0.25, -0.2) is 9.67 Å². The van der Waals surface area contributed by atoms with E-state index in [9.17, 15) is 19.5 Å². The predicted molar refractivity (Wildman–Crippen MR) is 219 cm³/mol. The normalized spacial score (nSPS) is 17.7. The number of carbonyl (C=O) groups is 3. The summed E-state index contributed by atoms with van der Waals surface area (Å²) >= 11 is 0. The molecule has 0 saturated carbocycles. The summed E-state index contributed by atoms with van der Waals surface area (Å²) in [4.78, 5) is 49.2. The summed E-state index contributed by atoms with van der Waals surface area (Å²) < 4.78 is 1.95. The number of anilines is 2. The third-order valence-electron chi connectivity index (χ3n) is 11.6. The second-order valence-corrected chi connectivity index (χ2v) is 16.1. The van der Waals surface area contributed by atoms with E-state index in [1.54, 1.807) is 0 Å². The highest BCUT2D eigenvalue weighted by atomic mass is 16.4. The van der Waals surface area contributed by atoms with Gasteiger partial charge >= 0.3 is 5.97 Å². The first-order chi connectivity index (χ1) is 27.1. The van der Waals surface area contributed by atoms with E-state index in [4.69, 9.17) is 15.2 Å². The molecule has 1 aromatic carbocycles. The van der Waals surface area contributed by atoms with Crippen LogP contribution >= 0.6 is 0 Å². The molecule has 56 heavy (non-hydrogen) atoms. The van der Waals surface area contributed by atoms with Crippen molar-refractivity contribution in [2.24, 2.45) is 5.92 Å². The van der Waals surface area contributed by atoms with Crippen LogP contribution < -0.4 is 15.5 Å². The van der Waals surface area contributed by atoms with Gasteiger partial charge in [0.25, 0.3) is 0 Å². The van der Waals surface area contributed by atoms with Gasteiger partial charge in [-0.1, -0.05) is 6.07 Å². The maximum absolute atomic E-state index is 13.1. The molecule has 13 heteroatoms. The van der Waals surface area contributed by atoms with Crippen LogP contribution in [0.2, 0.25) is 0 Å². The fourth-order valence-corrected chi connectivity index (χ4v) is 8.54. The molecular weight excluding hydrogens is 709 g/mol. The average Bonchev–Trinajstić information content (AvgIpc) is 3.80. The maximum Gasteiger partial charge on any atom is 0.304 e. The van der Waals surface area contributed by atoms with Gasteiger partial charge in [-0.05, 0) is 126 Å². The van der Waals surface area contributed by atoms with Crippen molar-refractivity contribution in [3.63, 3.8) is 0 Å². The van der Waals surface area contributed by atoms with Crippen LogP contribution in [-0.4, -0.2) is 118 Å². The van der Waals surface area contributed by atoms with E-state index in [2.05, 4.69) is 56.8 Å². The second kappa shape index (κ2) is 20.1. The quantitative estimate of drug-likeness (QED) is 0.124. The number of nitrogens with one attached hydrogen (secondary N) is 2. The third-order valence-corrected chi connectivity index (χ3v) is 11.6. The monoisotopic (exact) mass is 770 g/mol. The van der Waals surface area contributed by atoms with Gasteiger partial charge in [-0.15, -0.1) is 0 Å². The summed E-state index contributed by atoms with van der Waals surface area (Å²) in [6, 6.07) is 12.9.